The van der Waals surface area contributed by atoms with E-state index in [0.717, 1.165) is 50.4 Å². The Morgan fingerprint density at radius 1 is 0.938 bits per heavy atom. The summed E-state index contributed by atoms with van der Waals surface area (Å²) in [5.74, 6) is -2.98. The van der Waals surface area contributed by atoms with Gasteiger partial charge in [0, 0.05) is 25.4 Å². The Morgan fingerprint density at radius 2 is 1.53 bits per heavy atom. The normalized spacial score (nSPS) is 21.7. The molecule has 2 aliphatic rings. The molecule has 6 heteroatoms. The zero-order valence-corrected chi connectivity index (χ0v) is 18.2. The molecule has 0 saturated carbocycles. The third-order valence-corrected chi connectivity index (χ3v) is 6.27. The molecule has 0 radical (unpaired) electrons. The van der Waals surface area contributed by atoms with Crippen LogP contribution in [0.5, 0.6) is 0 Å². The Labute approximate surface area is 188 Å². The van der Waals surface area contributed by atoms with E-state index in [1.165, 1.54) is 0 Å². The van der Waals surface area contributed by atoms with Crippen LogP contribution in [0.15, 0.2) is 60.7 Å². The van der Waals surface area contributed by atoms with Crippen molar-refractivity contribution in [1.82, 2.24) is 4.90 Å². The van der Waals surface area contributed by atoms with Gasteiger partial charge < -0.3 is 9.47 Å². The van der Waals surface area contributed by atoms with Gasteiger partial charge >= 0.3 is 5.97 Å². The first kappa shape index (κ1) is 22.4. The quantitative estimate of drug-likeness (QED) is 0.445. The summed E-state index contributed by atoms with van der Waals surface area (Å²) in [7, 11) is 0. The van der Waals surface area contributed by atoms with Crippen LogP contribution in [0.4, 0.5) is 0 Å². The number of carbonyl (C=O) groups excluding carboxylic acids is 3. The minimum absolute atomic E-state index is 0.0834. The summed E-state index contributed by atoms with van der Waals surface area (Å²) in [4.78, 5) is 40.8. The number of carbonyl (C=O) groups is 3. The van der Waals surface area contributed by atoms with Gasteiger partial charge in [0.25, 0.3) is 0 Å². The Bertz CT molecular complexity index is 884. The number of nitrogens with zero attached hydrogens (tertiary/aromatic N) is 1. The van der Waals surface area contributed by atoms with Crippen molar-refractivity contribution < 1.29 is 23.9 Å². The summed E-state index contributed by atoms with van der Waals surface area (Å²) in [6.07, 6.45) is 0.456. The predicted octanol–water partition coefficient (Wildman–Crippen LogP) is 3.00. The molecule has 0 N–H and O–H groups in total. The van der Waals surface area contributed by atoms with Crippen molar-refractivity contribution in [2.45, 2.75) is 31.3 Å². The highest BCUT2D eigenvalue weighted by Gasteiger charge is 2.47. The van der Waals surface area contributed by atoms with Crippen molar-refractivity contribution in [3.05, 3.63) is 71.8 Å². The highest BCUT2D eigenvalue weighted by molar-refractivity contribution is 6.21. The van der Waals surface area contributed by atoms with Crippen LogP contribution in [0.1, 0.15) is 36.3 Å². The second kappa shape index (κ2) is 10.7. The number of ketones is 2. The van der Waals surface area contributed by atoms with Gasteiger partial charge in [-0.2, -0.15) is 0 Å². The van der Waals surface area contributed by atoms with Crippen molar-refractivity contribution in [3.8, 4) is 0 Å². The average Bonchev–Trinajstić information content (AvgIpc) is 3.12. The Balaban J connectivity index is 1.40. The van der Waals surface area contributed by atoms with Crippen LogP contribution >= 0.6 is 0 Å². The van der Waals surface area contributed by atoms with Gasteiger partial charge in [-0.1, -0.05) is 60.7 Å². The van der Waals surface area contributed by atoms with E-state index < -0.39 is 18.0 Å². The van der Waals surface area contributed by atoms with Crippen LogP contribution in [0.2, 0.25) is 0 Å². The largest absolute Gasteiger partial charge is 0.453 e. The molecule has 0 bridgehead atoms. The number of esters is 1. The second-order valence-corrected chi connectivity index (χ2v) is 8.40. The van der Waals surface area contributed by atoms with E-state index in [9.17, 15) is 14.4 Å². The summed E-state index contributed by atoms with van der Waals surface area (Å²) in [5, 5.41) is 0. The van der Waals surface area contributed by atoms with E-state index in [1.54, 1.807) is 0 Å². The molecule has 0 amide bonds. The number of hydrogen-bond acceptors (Lipinski definition) is 6. The first-order valence-electron chi connectivity index (χ1n) is 11.3. The maximum Gasteiger partial charge on any atom is 0.325 e. The minimum atomic E-state index is -1.31. The number of ether oxygens (including phenoxy) is 2. The third kappa shape index (κ3) is 5.31. The minimum Gasteiger partial charge on any atom is -0.453 e. The van der Waals surface area contributed by atoms with E-state index in [0.29, 0.717) is 6.42 Å². The number of hydrogen-bond donors (Lipinski definition) is 0. The SMILES string of the molecule is O=C(CC(c1ccccc1)c1ccccc1)C1C(=O)OC(CCCN2CCOCC2)C1=O. The fraction of sp³-hybridized carbons (Fsp3) is 0.423. The molecule has 0 spiro atoms. The fourth-order valence-electron chi connectivity index (χ4n) is 4.50. The number of cyclic esters (lactones) is 1. The van der Waals surface area contributed by atoms with Crippen molar-refractivity contribution in [2.75, 3.05) is 32.8 Å². The zero-order valence-electron chi connectivity index (χ0n) is 18.2. The van der Waals surface area contributed by atoms with Crippen molar-refractivity contribution in [2.24, 2.45) is 5.92 Å². The lowest BCUT2D eigenvalue weighted by atomic mass is 9.83. The predicted molar refractivity (Wildman–Crippen MR) is 119 cm³/mol. The van der Waals surface area contributed by atoms with Gasteiger partial charge in [-0.05, 0) is 30.5 Å². The van der Waals surface area contributed by atoms with Gasteiger partial charge in [0.1, 0.15) is 0 Å². The molecule has 0 aliphatic carbocycles. The van der Waals surface area contributed by atoms with Crippen LogP contribution in [-0.2, 0) is 23.9 Å². The van der Waals surface area contributed by atoms with Gasteiger partial charge in [0.2, 0.25) is 0 Å². The summed E-state index contributed by atoms with van der Waals surface area (Å²) < 4.78 is 10.7. The highest BCUT2D eigenvalue weighted by atomic mass is 16.6. The first-order chi connectivity index (χ1) is 15.6. The molecule has 4 rings (SSSR count). The average molecular weight is 436 g/mol. The Morgan fingerprint density at radius 3 is 2.12 bits per heavy atom. The van der Waals surface area contributed by atoms with E-state index in [2.05, 4.69) is 4.90 Å². The van der Waals surface area contributed by atoms with Crippen molar-refractivity contribution in [3.63, 3.8) is 0 Å². The molecule has 2 aliphatic heterocycles. The molecular weight excluding hydrogens is 406 g/mol. The van der Waals surface area contributed by atoms with Crippen molar-refractivity contribution in [1.29, 1.82) is 0 Å². The monoisotopic (exact) mass is 435 g/mol. The first-order valence-corrected chi connectivity index (χ1v) is 11.3. The number of benzene rings is 2. The summed E-state index contributed by atoms with van der Waals surface area (Å²) >= 11 is 0. The number of Topliss-reactive ketones (excluding diaryl/α,β-unsaturated/α-hetero) is 2. The van der Waals surface area contributed by atoms with Gasteiger partial charge in [-0.15, -0.1) is 0 Å². The molecule has 2 aromatic carbocycles. The van der Waals surface area contributed by atoms with Gasteiger partial charge in [-0.3, -0.25) is 19.3 Å². The van der Waals surface area contributed by atoms with Gasteiger partial charge in [0.15, 0.2) is 23.6 Å². The maximum atomic E-state index is 13.1. The van der Waals surface area contributed by atoms with Gasteiger partial charge in [0.05, 0.1) is 13.2 Å². The smallest absolute Gasteiger partial charge is 0.325 e. The topological polar surface area (TPSA) is 72.9 Å². The zero-order chi connectivity index (χ0) is 22.3. The lowest BCUT2D eigenvalue weighted by Crippen LogP contribution is -2.37. The van der Waals surface area contributed by atoms with Crippen molar-refractivity contribution >= 4 is 17.5 Å². The lowest BCUT2D eigenvalue weighted by molar-refractivity contribution is -0.147. The maximum absolute atomic E-state index is 13.1. The second-order valence-electron chi connectivity index (χ2n) is 8.40. The summed E-state index contributed by atoms with van der Waals surface area (Å²) in [5.41, 5.74) is 1.96. The van der Waals surface area contributed by atoms with E-state index in [1.807, 2.05) is 60.7 Å². The van der Waals surface area contributed by atoms with Crippen LogP contribution in [0.3, 0.4) is 0 Å². The molecule has 2 fully saturated rings. The molecule has 32 heavy (non-hydrogen) atoms. The van der Waals surface area contributed by atoms with E-state index in [-0.39, 0.29) is 23.9 Å². The standard InChI is InChI=1S/C26H29NO5/c28-22(18-21(19-8-3-1-4-9-19)20-10-5-2-6-11-20)24-25(29)23(32-26(24)30)12-7-13-27-14-16-31-17-15-27/h1-6,8-11,21,23-24H,7,12-18H2. The molecule has 168 valence electrons. The van der Waals surface area contributed by atoms with Crippen LogP contribution in [0.25, 0.3) is 0 Å². The molecular formula is C26H29NO5. The van der Waals surface area contributed by atoms with Crippen LogP contribution in [0, 0.1) is 5.92 Å². The van der Waals surface area contributed by atoms with Crippen LogP contribution in [-0.4, -0.2) is 61.4 Å². The highest BCUT2D eigenvalue weighted by Crippen LogP contribution is 2.31. The third-order valence-electron chi connectivity index (χ3n) is 6.27. The molecule has 0 aromatic heterocycles. The lowest BCUT2D eigenvalue weighted by Gasteiger charge is -2.26. The number of rotatable bonds is 9. The fourth-order valence-corrected chi connectivity index (χ4v) is 4.50. The Kier molecular flexibility index (Phi) is 7.45. The number of morpholine rings is 1. The van der Waals surface area contributed by atoms with Crippen LogP contribution < -0.4 is 0 Å². The Hall–Kier alpha value is -2.83. The molecule has 2 unspecified atom stereocenters. The summed E-state index contributed by atoms with van der Waals surface area (Å²) in [6.45, 7) is 4.02. The van der Waals surface area contributed by atoms with E-state index >= 15 is 0 Å². The molecule has 2 saturated heterocycles. The molecule has 2 aromatic rings. The molecule has 2 atom stereocenters. The van der Waals surface area contributed by atoms with Gasteiger partial charge in [-0.25, -0.2) is 0 Å². The summed E-state index contributed by atoms with van der Waals surface area (Å²) in [6, 6.07) is 19.4. The molecule has 2 heterocycles. The van der Waals surface area contributed by atoms with E-state index in [4.69, 9.17) is 9.47 Å². The molecule has 6 nitrogen and oxygen atoms in total.